The molecule has 0 spiro atoms. The number of benzene rings is 2. The number of aryl methyl sites for hydroxylation is 1. The van der Waals surface area contributed by atoms with Crippen LogP contribution in [0.25, 0.3) is 6.08 Å². The van der Waals surface area contributed by atoms with Gasteiger partial charge in [-0.1, -0.05) is 82.3 Å². The number of carbonyl (C=O) groups is 1. The molecule has 1 heterocycles. The highest BCUT2D eigenvalue weighted by Crippen LogP contribution is 2.41. The molecule has 2 nitrogen and oxygen atoms in total. The quantitative estimate of drug-likeness (QED) is 0.255. The number of fused-ring (bicyclic) bond motifs is 1. The van der Waals surface area contributed by atoms with E-state index in [1.54, 1.807) is 11.8 Å². The van der Waals surface area contributed by atoms with Gasteiger partial charge in [-0.15, -0.1) is 0 Å². The number of ketones is 1. The highest BCUT2D eigenvalue weighted by Gasteiger charge is 2.26. The average Bonchev–Trinajstić information content (AvgIpc) is 3.07. The predicted molar refractivity (Wildman–Crippen MR) is 129 cm³/mol. The zero-order chi connectivity index (χ0) is 21.2. The van der Waals surface area contributed by atoms with Crippen LogP contribution >= 0.6 is 11.8 Å². The van der Waals surface area contributed by atoms with Crippen molar-refractivity contribution < 1.29 is 9.53 Å². The number of rotatable bonds is 12. The summed E-state index contributed by atoms with van der Waals surface area (Å²) in [5.74, 6) is 1.05. The Bertz CT molecular complexity index is 852. The van der Waals surface area contributed by atoms with E-state index < -0.39 is 0 Å². The lowest BCUT2D eigenvalue weighted by atomic mass is 10.0. The molecule has 0 fully saturated rings. The van der Waals surface area contributed by atoms with E-state index in [1.807, 2.05) is 30.3 Å². The van der Waals surface area contributed by atoms with Gasteiger partial charge in [-0.05, 0) is 60.7 Å². The van der Waals surface area contributed by atoms with Crippen molar-refractivity contribution in [1.82, 2.24) is 0 Å². The molecule has 0 unspecified atom stereocenters. The van der Waals surface area contributed by atoms with Gasteiger partial charge in [0, 0.05) is 10.5 Å². The first-order valence-electron chi connectivity index (χ1n) is 11.5. The number of thioether (sulfide) groups is 1. The highest BCUT2D eigenvalue weighted by molar-refractivity contribution is 8.04. The fourth-order valence-electron chi connectivity index (χ4n) is 3.68. The molecule has 1 aliphatic rings. The molecule has 3 rings (SSSR count). The molecule has 0 bridgehead atoms. The molecular weight excluding hydrogens is 388 g/mol. The summed E-state index contributed by atoms with van der Waals surface area (Å²) in [6.45, 7) is 5.22. The van der Waals surface area contributed by atoms with Crippen molar-refractivity contribution in [2.45, 2.75) is 76.5 Å². The van der Waals surface area contributed by atoms with Crippen LogP contribution in [-0.2, 0) is 6.42 Å². The SMILES string of the molecule is CCCCCCOc1ccc(/C=C2/Sc3ccc(CCCCCC)cc3C2=O)cc1. The number of unbranched alkanes of at least 4 members (excludes halogenated alkanes) is 6. The minimum absolute atomic E-state index is 0.154. The minimum Gasteiger partial charge on any atom is -0.494 e. The van der Waals surface area contributed by atoms with E-state index in [0.29, 0.717) is 0 Å². The molecule has 0 aliphatic carbocycles. The molecule has 2 aromatic rings. The van der Waals surface area contributed by atoms with Crippen molar-refractivity contribution in [3.05, 3.63) is 64.1 Å². The van der Waals surface area contributed by atoms with Crippen LogP contribution in [0.3, 0.4) is 0 Å². The van der Waals surface area contributed by atoms with Crippen LogP contribution in [-0.4, -0.2) is 12.4 Å². The lowest BCUT2D eigenvalue weighted by Gasteiger charge is -2.06. The highest BCUT2D eigenvalue weighted by atomic mass is 32.2. The topological polar surface area (TPSA) is 26.3 Å². The Hall–Kier alpha value is -2.00. The molecule has 160 valence electrons. The number of hydrogen-bond donors (Lipinski definition) is 0. The summed E-state index contributed by atoms with van der Waals surface area (Å²) in [7, 11) is 0. The summed E-state index contributed by atoms with van der Waals surface area (Å²) in [5, 5.41) is 0. The van der Waals surface area contributed by atoms with Gasteiger partial charge >= 0.3 is 0 Å². The standard InChI is InChI=1S/C27H34O2S/c1-3-5-7-9-11-21-14-17-25-24(19-21)27(28)26(30-25)20-22-12-15-23(16-13-22)29-18-10-8-6-4-2/h12-17,19-20H,3-11,18H2,1-2H3/b26-20+. The van der Waals surface area contributed by atoms with Gasteiger partial charge in [0.1, 0.15) is 5.75 Å². The molecular formula is C27H34O2S. The monoisotopic (exact) mass is 422 g/mol. The smallest absolute Gasteiger partial charge is 0.200 e. The molecule has 0 N–H and O–H groups in total. The maximum atomic E-state index is 12.9. The molecule has 0 atom stereocenters. The second kappa shape index (κ2) is 12.0. The Kier molecular flexibility index (Phi) is 9.07. The van der Waals surface area contributed by atoms with Crippen LogP contribution in [0.2, 0.25) is 0 Å². The van der Waals surface area contributed by atoms with Crippen LogP contribution in [0.5, 0.6) is 5.75 Å². The largest absolute Gasteiger partial charge is 0.494 e. The summed E-state index contributed by atoms with van der Waals surface area (Å²) in [6, 6.07) is 14.5. The summed E-state index contributed by atoms with van der Waals surface area (Å²) in [6.07, 6.45) is 12.9. The molecule has 2 aromatic carbocycles. The van der Waals surface area contributed by atoms with E-state index in [0.717, 1.165) is 46.1 Å². The van der Waals surface area contributed by atoms with Crippen molar-refractivity contribution in [2.24, 2.45) is 0 Å². The zero-order valence-electron chi connectivity index (χ0n) is 18.4. The van der Waals surface area contributed by atoms with E-state index in [-0.39, 0.29) is 5.78 Å². The second-order valence-electron chi connectivity index (χ2n) is 8.06. The predicted octanol–water partition coefficient (Wildman–Crippen LogP) is 8.10. The van der Waals surface area contributed by atoms with Crippen molar-refractivity contribution in [1.29, 1.82) is 0 Å². The first kappa shape index (κ1) is 22.7. The summed E-state index contributed by atoms with van der Waals surface area (Å²) >= 11 is 1.59. The molecule has 0 saturated heterocycles. The van der Waals surface area contributed by atoms with Gasteiger partial charge in [0.05, 0.1) is 11.5 Å². The number of ether oxygens (including phenoxy) is 1. The number of carbonyl (C=O) groups excluding carboxylic acids is 1. The minimum atomic E-state index is 0.154. The third kappa shape index (κ3) is 6.50. The fraction of sp³-hybridized carbons (Fsp3) is 0.444. The molecule has 1 aliphatic heterocycles. The van der Waals surface area contributed by atoms with E-state index >= 15 is 0 Å². The first-order chi connectivity index (χ1) is 14.7. The second-order valence-corrected chi connectivity index (χ2v) is 9.14. The number of allylic oxidation sites excluding steroid dienone is 1. The Morgan fingerprint density at radius 2 is 1.60 bits per heavy atom. The lowest BCUT2D eigenvalue weighted by Crippen LogP contribution is -1.97. The van der Waals surface area contributed by atoms with Crippen molar-refractivity contribution >= 4 is 23.6 Å². The maximum Gasteiger partial charge on any atom is 0.200 e. The number of hydrogen-bond acceptors (Lipinski definition) is 3. The third-order valence-corrected chi connectivity index (χ3v) is 6.59. The lowest BCUT2D eigenvalue weighted by molar-refractivity contribution is 0.104. The van der Waals surface area contributed by atoms with Crippen LogP contribution in [0, 0.1) is 0 Å². The number of Topliss-reactive ketones (excluding diaryl/α,β-unsaturated/α-hetero) is 1. The Balaban J connectivity index is 1.57. The van der Waals surface area contributed by atoms with Crippen molar-refractivity contribution in [2.75, 3.05) is 6.61 Å². The fourth-order valence-corrected chi connectivity index (χ4v) is 4.71. The molecule has 0 amide bonds. The van der Waals surface area contributed by atoms with Crippen LogP contribution in [0.1, 0.15) is 86.7 Å². The van der Waals surface area contributed by atoms with E-state index in [2.05, 4.69) is 32.0 Å². The Labute approximate surface area is 186 Å². The maximum absolute atomic E-state index is 12.9. The first-order valence-corrected chi connectivity index (χ1v) is 12.3. The molecule has 0 saturated carbocycles. The normalized spacial score (nSPS) is 14.3. The van der Waals surface area contributed by atoms with E-state index in [4.69, 9.17) is 4.74 Å². The van der Waals surface area contributed by atoms with Crippen molar-refractivity contribution in [3.63, 3.8) is 0 Å². The van der Waals surface area contributed by atoms with Crippen LogP contribution in [0.15, 0.2) is 52.3 Å². The Morgan fingerprint density at radius 1 is 0.867 bits per heavy atom. The van der Waals surface area contributed by atoms with Gasteiger partial charge < -0.3 is 4.74 Å². The average molecular weight is 423 g/mol. The van der Waals surface area contributed by atoms with Gasteiger partial charge in [0.2, 0.25) is 5.78 Å². The van der Waals surface area contributed by atoms with Crippen LogP contribution in [0.4, 0.5) is 0 Å². The van der Waals surface area contributed by atoms with E-state index in [1.165, 1.54) is 50.5 Å². The van der Waals surface area contributed by atoms with E-state index in [9.17, 15) is 4.79 Å². The molecule has 0 aromatic heterocycles. The van der Waals surface area contributed by atoms with Gasteiger partial charge in [-0.3, -0.25) is 4.79 Å². The summed E-state index contributed by atoms with van der Waals surface area (Å²) in [5.41, 5.74) is 3.18. The van der Waals surface area contributed by atoms with Gasteiger partial charge in [0.25, 0.3) is 0 Å². The summed E-state index contributed by atoms with van der Waals surface area (Å²) in [4.78, 5) is 14.8. The van der Waals surface area contributed by atoms with Gasteiger partial charge in [-0.25, -0.2) is 0 Å². The molecule has 30 heavy (non-hydrogen) atoms. The van der Waals surface area contributed by atoms with Crippen LogP contribution < -0.4 is 4.74 Å². The Morgan fingerprint density at radius 3 is 2.33 bits per heavy atom. The van der Waals surface area contributed by atoms with Gasteiger partial charge in [0.15, 0.2) is 0 Å². The third-order valence-electron chi connectivity index (χ3n) is 5.50. The van der Waals surface area contributed by atoms with Crippen molar-refractivity contribution in [3.8, 4) is 5.75 Å². The summed E-state index contributed by atoms with van der Waals surface area (Å²) < 4.78 is 5.82. The van der Waals surface area contributed by atoms with Gasteiger partial charge in [-0.2, -0.15) is 0 Å². The molecule has 3 heteroatoms. The molecule has 0 radical (unpaired) electrons. The zero-order valence-corrected chi connectivity index (χ0v) is 19.2.